The zero-order chi connectivity index (χ0) is 34.3. The minimum atomic E-state index is -4.36. The van der Waals surface area contributed by atoms with Gasteiger partial charge >= 0.3 is 0 Å². The van der Waals surface area contributed by atoms with Crippen LogP contribution in [-0.4, -0.2) is 43.8 Å². The number of nitrogens with one attached hydrogen (secondary N) is 1. The third kappa shape index (κ3) is 8.75. The van der Waals surface area contributed by atoms with Crippen molar-refractivity contribution in [2.24, 2.45) is 0 Å². The first-order valence-corrected chi connectivity index (χ1v) is 18.1. The summed E-state index contributed by atoms with van der Waals surface area (Å²) in [6, 6.07) is 24.4. The normalized spacial score (nSPS) is 14.2. The van der Waals surface area contributed by atoms with E-state index in [1.165, 1.54) is 4.90 Å². The maximum atomic E-state index is 14.7. The number of carbonyl (C=O) groups excluding carboxylic acids is 2. The van der Waals surface area contributed by atoms with Crippen LogP contribution in [0.25, 0.3) is 0 Å². The van der Waals surface area contributed by atoms with Crippen LogP contribution in [-0.2, 0) is 32.6 Å². The molecule has 11 heteroatoms. The summed E-state index contributed by atoms with van der Waals surface area (Å²) in [4.78, 5) is 30.1. The molecule has 0 bridgehead atoms. The van der Waals surface area contributed by atoms with Crippen molar-refractivity contribution in [3.05, 3.63) is 130 Å². The van der Waals surface area contributed by atoms with Gasteiger partial charge in [-0.15, -0.1) is 0 Å². The molecule has 1 fully saturated rings. The van der Waals surface area contributed by atoms with E-state index in [2.05, 4.69) is 5.32 Å². The van der Waals surface area contributed by atoms with Crippen molar-refractivity contribution in [1.29, 1.82) is 0 Å². The van der Waals surface area contributed by atoms with Gasteiger partial charge in [0.1, 0.15) is 18.4 Å². The number of benzene rings is 4. The standard InChI is InChI=1S/C37H38Cl2FN3O4S/c1-26-15-19-30(20-16-26)43(48(46,47)31-21-17-28(40)18-22-31)25-36(44)42(24-32-33(38)13-8-14-34(32)39)35(23-27-9-4-2-5-10-27)37(45)41-29-11-6-3-7-12-29/h2,4-5,8-10,13-22,29,35H,3,6-7,11-12,23-25H2,1H3,(H,41,45)/t35-/m1/s1. The highest BCUT2D eigenvalue weighted by molar-refractivity contribution is 7.92. The van der Waals surface area contributed by atoms with E-state index in [4.69, 9.17) is 23.2 Å². The van der Waals surface area contributed by atoms with Gasteiger partial charge in [-0.2, -0.15) is 0 Å². The van der Waals surface area contributed by atoms with Crippen LogP contribution >= 0.6 is 23.2 Å². The average Bonchev–Trinajstić information content (AvgIpc) is 3.08. The lowest BCUT2D eigenvalue weighted by molar-refractivity contribution is -0.140. The molecule has 4 aromatic rings. The molecule has 0 unspecified atom stereocenters. The number of amides is 2. The fraction of sp³-hybridized carbons (Fsp3) is 0.297. The number of carbonyl (C=O) groups is 2. The lowest BCUT2D eigenvalue weighted by Gasteiger charge is -2.35. The Labute approximate surface area is 291 Å². The summed E-state index contributed by atoms with van der Waals surface area (Å²) in [5.74, 6) is -1.58. The molecule has 1 aliphatic carbocycles. The number of sulfonamides is 1. The molecular weight excluding hydrogens is 672 g/mol. The van der Waals surface area contributed by atoms with Crippen LogP contribution < -0.4 is 9.62 Å². The summed E-state index contributed by atoms with van der Waals surface area (Å²) >= 11 is 13.2. The molecule has 7 nitrogen and oxygen atoms in total. The summed E-state index contributed by atoms with van der Waals surface area (Å²) in [5.41, 5.74) is 2.38. The van der Waals surface area contributed by atoms with E-state index in [-0.39, 0.29) is 35.5 Å². The van der Waals surface area contributed by atoms with Crippen molar-refractivity contribution in [2.45, 2.75) is 69.0 Å². The van der Waals surface area contributed by atoms with Crippen molar-refractivity contribution in [2.75, 3.05) is 10.8 Å². The van der Waals surface area contributed by atoms with Crippen molar-refractivity contribution < 1.29 is 22.4 Å². The van der Waals surface area contributed by atoms with Crippen molar-refractivity contribution >= 4 is 50.7 Å². The Morgan fingerprint density at radius 2 is 1.48 bits per heavy atom. The van der Waals surface area contributed by atoms with E-state index >= 15 is 0 Å². The van der Waals surface area contributed by atoms with Gasteiger partial charge in [-0.3, -0.25) is 13.9 Å². The van der Waals surface area contributed by atoms with Gasteiger partial charge in [0.05, 0.1) is 10.6 Å². The third-order valence-corrected chi connectivity index (χ3v) is 11.1. The fourth-order valence-electron chi connectivity index (χ4n) is 5.93. The number of hydrogen-bond donors (Lipinski definition) is 1. The molecule has 1 atom stereocenters. The maximum Gasteiger partial charge on any atom is 0.264 e. The zero-order valence-corrected chi connectivity index (χ0v) is 28.9. The van der Waals surface area contributed by atoms with E-state index in [1.54, 1.807) is 42.5 Å². The first-order chi connectivity index (χ1) is 23.0. The molecule has 4 aromatic carbocycles. The SMILES string of the molecule is Cc1ccc(N(CC(=O)N(Cc2c(Cl)cccc2Cl)[C@H](Cc2ccccc2)C(=O)NC2CCCCC2)S(=O)(=O)c2ccc(F)cc2)cc1. The Morgan fingerprint density at radius 3 is 2.10 bits per heavy atom. The summed E-state index contributed by atoms with van der Waals surface area (Å²) in [5, 5.41) is 3.79. The topological polar surface area (TPSA) is 86.8 Å². The van der Waals surface area contributed by atoms with Gasteiger partial charge in [-0.05, 0) is 73.9 Å². The first kappa shape index (κ1) is 35.4. The third-order valence-electron chi connectivity index (χ3n) is 8.62. The maximum absolute atomic E-state index is 14.7. The van der Waals surface area contributed by atoms with Gasteiger partial charge in [0, 0.05) is 34.6 Å². The predicted molar refractivity (Wildman–Crippen MR) is 188 cm³/mol. The Bertz CT molecular complexity index is 1800. The first-order valence-electron chi connectivity index (χ1n) is 15.9. The second-order valence-electron chi connectivity index (χ2n) is 12.1. The van der Waals surface area contributed by atoms with E-state index < -0.39 is 34.3 Å². The number of rotatable bonds is 12. The summed E-state index contributed by atoms with van der Waals surface area (Å²) in [6.45, 7) is 1.07. The molecule has 1 aliphatic rings. The van der Waals surface area contributed by atoms with Crippen LogP contribution in [0.15, 0.2) is 102 Å². The van der Waals surface area contributed by atoms with Gasteiger partial charge in [-0.1, -0.05) is 96.6 Å². The molecule has 0 spiro atoms. The monoisotopic (exact) mass is 709 g/mol. The Balaban J connectivity index is 1.59. The number of nitrogens with zero attached hydrogens (tertiary/aromatic N) is 2. The van der Waals surface area contributed by atoms with Crippen molar-refractivity contribution in [3.63, 3.8) is 0 Å². The van der Waals surface area contributed by atoms with Crippen molar-refractivity contribution in [3.8, 4) is 0 Å². The smallest absolute Gasteiger partial charge is 0.264 e. The molecule has 1 saturated carbocycles. The van der Waals surface area contributed by atoms with E-state index in [9.17, 15) is 22.4 Å². The van der Waals surface area contributed by atoms with Crippen LogP contribution in [0.5, 0.6) is 0 Å². The van der Waals surface area contributed by atoms with Crippen LogP contribution in [0.2, 0.25) is 10.0 Å². The van der Waals surface area contributed by atoms with Crippen LogP contribution in [0, 0.1) is 12.7 Å². The highest BCUT2D eigenvalue weighted by Crippen LogP contribution is 2.29. The predicted octanol–water partition coefficient (Wildman–Crippen LogP) is 7.73. The Morgan fingerprint density at radius 1 is 0.854 bits per heavy atom. The lowest BCUT2D eigenvalue weighted by Crippen LogP contribution is -2.55. The number of hydrogen-bond acceptors (Lipinski definition) is 4. The second-order valence-corrected chi connectivity index (χ2v) is 14.7. The molecule has 1 N–H and O–H groups in total. The van der Waals surface area contributed by atoms with Crippen LogP contribution in [0.4, 0.5) is 10.1 Å². The van der Waals surface area contributed by atoms with Gasteiger partial charge in [-0.25, -0.2) is 12.8 Å². The molecule has 2 amide bonds. The molecule has 5 rings (SSSR count). The van der Waals surface area contributed by atoms with Crippen LogP contribution in [0.1, 0.15) is 48.8 Å². The van der Waals surface area contributed by atoms with Gasteiger partial charge in [0.2, 0.25) is 11.8 Å². The Kier molecular flexibility index (Phi) is 11.8. The molecule has 0 radical (unpaired) electrons. The van der Waals surface area contributed by atoms with E-state index in [1.807, 2.05) is 37.3 Å². The van der Waals surface area contributed by atoms with Gasteiger partial charge < -0.3 is 10.2 Å². The number of halogens is 3. The molecule has 0 aromatic heterocycles. The average molecular weight is 711 g/mol. The van der Waals surface area contributed by atoms with E-state index in [0.717, 1.165) is 71.8 Å². The van der Waals surface area contributed by atoms with Crippen molar-refractivity contribution in [1.82, 2.24) is 10.2 Å². The summed E-state index contributed by atoms with van der Waals surface area (Å²) < 4.78 is 43.0. The van der Waals surface area contributed by atoms with Gasteiger partial charge in [0.25, 0.3) is 10.0 Å². The highest BCUT2D eigenvalue weighted by atomic mass is 35.5. The summed E-state index contributed by atoms with van der Waals surface area (Å²) in [7, 11) is -4.36. The number of anilines is 1. The minimum absolute atomic E-state index is 0.0340. The molecule has 0 saturated heterocycles. The molecule has 0 aliphatic heterocycles. The largest absolute Gasteiger partial charge is 0.352 e. The zero-order valence-electron chi connectivity index (χ0n) is 26.6. The second kappa shape index (κ2) is 16.0. The lowest BCUT2D eigenvalue weighted by atomic mass is 9.94. The van der Waals surface area contributed by atoms with Crippen LogP contribution in [0.3, 0.4) is 0 Å². The molecule has 0 heterocycles. The highest BCUT2D eigenvalue weighted by Gasteiger charge is 2.36. The van der Waals surface area contributed by atoms with Gasteiger partial charge in [0.15, 0.2) is 0 Å². The summed E-state index contributed by atoms with van der Waals surface area (Å²) in [6.07, 6.45) is 4.95. The molecule has 252 valence electrons. The van der Waals surface area contributed by atoms with E-state index in [0.29, 0.717) is 15.6 Å². The minimum Gasteiger partial charge on any atom is -0.352 e. The Hall–Kier alpha value is -3.92. The molecule has 48 heavy (non-hydrogen) atoms. The number of aryl methyl sites for hydroxylation is 1. The quantitative estimate of drug-likeness (QED) is 0.163. The molecular formula is C37H38Cl2FN3O4S. The fourth-order valence-corrected chi connectivity index (χ4v) is 7.86.